The van der Waals surface area contributed by atoms with E-state index in [-0.39, 0.29) is 10.5 Å². The van der Waals surface area contributed by atoms with Crippen molar-refractivity contribution < 1.29 is 14.1 Å². The van der Waals surface area contributed by atoms with Gasteiger partial charge in [0, 0.05) is 16.5 Å². The van der Waals surface area contributed by atoms with Crippen molar-refractivity contribution in [3.8, 4) is 0 Å². The van der Waals surface area contributed by atoms with E-state index in [1.165, 1.54) is 24.4 Å². The summed E-state index contributed by atoms with van der Waals surface area (Å²) in [5.41, 5.74) is 1.02. The van der Waals surface area contributed by atoms with E-state index in [0.717, 1.165) is 0 Å². The summed E-state index contributed by atoms with van der Waals surface area (Å²) in [7, 11) is 0. The van der Waals surface area contributed by atoms with Crippen LogP contribution in [0.25, 0.3) is 0 Å². The van der Waals surface area contributed by atoms with Gasteiger partial charge in [0.05, 0.1) is 16.6 Å². The van der Waals surface area contributed by atoms with Crippen molar-refractivity contribution in [1.82, 2.24) is 9.78 Å². The lowest BCUT2D eigenvalue weighted by molar-refractivity contribution is -0.509. The number of hydrogen-bond donors (Lipinski definition) is 1. The molecule has 0 saturated carbocycles. The number of amides is 1. The first-order chi connectivity index (χ1) is 11.3. The summed E-state index contributed by atoms with van der Waals surface area (Å²) >= 11 is 3.09. The molecular weight excluding hydrogens is 383 g/mol. The molecule has 1 aromatic carbocycles. The lowest BCUT2D eigenvalue weighted by atomic mass is 9.83. The first-order valence-corrected chi connectivity index (χ1v) is 8.07. The third kappa shape index (κ3) is 2.58. The summed E-state index contributed by atoms with van der Waals surface area (Å²) < 4.78 is 15.3. The minimum absolute atomic E-state index is 0.0261. The molecule has 2 atom stereocenters. The minimum Gasteiger partial charge on any atom is -0.305 e. The predicted molar refractivity (Wildman–Crippen MR) is 88.0 cm³/mol. The predicted octanol–water partition coefficient (Wildman–Crippen LogP) is 3.09. The van der Waals surface area contributed by atoms with Crippen LogP contribution in [0.1, 0.15) is 36.9 Å². The van der Waals surface area contributed by atoms with E-state index in [4.69, 9.17) is 0 Å². The van der Waals surface area contributed by atoms with Crippen LogP contribution in [-0.2, 0) is 4.79 Å². The van der Waals surface area contributed by atoms with Crippen molar-refractivity contribution in [1.29, 1.82) is 0 Å². The Morgan fingerprint density at radius 2 is 2.17 bits per heavy atom. The first kappa shape index (κ1) is 16.6. The second-order valence-electron chi connectivity index (χ2n) is 5.86. The van der Waals surface area contributed by atoms with E-state index in [1.54, 1.807) is 4.68 Å². The molecule has 9 heteroatoms. The Labute approximate surface area is 145 Å². The van der Waals surface area contributed by atoms with Crippen LogP contribution in [0.5, 0.6) is 0 Å². The van der Waals surface area contributed by atoms with Crippen molar-refractivity contribution in [3.05, 3.63) is 55.9 Å². The highest BCUT2D eigenvalue weighted by molar-refractivity contribution is 9.10. The fraction of sp³-hybridized carbons (Fsp3) is 0.333. The molecule has 1 aliphatic rings. The molecule has 0 saturated heterocycles. The second kappa shape index (κ2) is 5.97. The summed E-state index contributed by atoms with van der Waals surface area (Å²) in [4.78, 5) is 23.2. The van der Waals surface area contributed by atoms with Crippen molar-refractivity contribution in [2.45, 2.75) is 31.8 Å². The molecule has 0 spiro atoms. The van der Waals surface area contributed by atoms with E-state index in [1.807, 2.05) is 13.8 Å². The Kier molecular flexibility index (Phi) is 4.12. The normalized spacial score (nSPS) is 20.0. The molecule has 1 amide bonds. The molecule has 1 aliphatic heterocycles. The molecule has 2 heterocycles. The van der Waals surface area contributed by atoms with Crippen LogP contribution in [0.15, 0.2) is 28.9 Å². The number of aromatic nitrogens is 2. The molecule has 7 nitrogen and oxygen atoms in total. The second-order valence-corrected chi connectivity index (χ2v) is 6.71. The lowest BCUT2D eigenvalue weighted by Crippen LogP contribution is -2.44. The summed E-state index contributed by atoms with van der Waals surface area (Å²) in [5, 5.41) is 18.3. The molecule has 0 radical (unpaired) electrons. The molecular formula is C15H14BrFN4O3. The van der Waals surface area contributed by atoms with Crippen LogP contribution in [0, 0.1) is 15.9 Å². The van der Waals surface area contributed by atoms with Crippen LogP contribution in [0.4, 0.5) is 10.2 Å². The molecule has 0 aliphatic carbocycles. The average molecular weight is 397 g/mol. The largest absolute Gasteiger partial charge is 0.305 e. The average Bonchev–Trinajstić information content (AvgIpc) is 2.91. The van der Waals surface area contributed by atoms with Crippen LogP contribution >= 0.6 is 15.9 Å². The van der Waals surface area contributed by atoms with Crippen LogP contribution < -0.4 is 5.32 Å². The Balaban J connectivity index is 2.21. The van der Waals surface area contributed by atoms with Crippen LogP contribution in [0.3, 0.4) is 0 Å². The van der Waals surface area contributed by atoms with E-state index >= 15 is 0 Å². The van der Waals surface area contributed by atoms with Gasteiger partial charge in [0.1, 0.15) is 11.6 Å². The van der Waals surface area contributed by atoms with Crippen LogP contribution in [0.2, 0.25) is 0 Å². The van der Waals surface area contributed by atoms with Crippen molar-refractivity contribution in [2.24, 2.45) is 0 Å². The standard InChI is InChI=1S/C15H14BrFN4O3/c1-7(2)20-14-9(6-18-20)12(13(21(23)24)15(22)19-14)8-3-4-11(17)10(16)5-8/h3-7,12-13H,1-2H3,(H,19,22)/t12-,13+/m0/s1. The van der Waals surface area contributed by atoms with Crippen molar-refractivity contribution in [2.75, 3.05) is 5.32 Å². The number of nitrogens with zero attached hydrogens (tertiary/aromatic N) is 3. The Bertz CT molecular complexity index is 836. The van der Waals surface area contributed by atoms with Crippen molar-refractivity contribution in [3.63, 3.8) is 0 Å². The van der Waals surface area contributed by atoms with Gasteiger partial charge in [0.25, 0.3) is 0 Å². The minimum atomic E-state index is -1.50. The van der Waals surface area contributed by atoms with Gasteiger partial charge >= 0.3 is 11.9 Å². The first-order valence-electron chi connectivity index (χ1n) is 7.28. The number of fused-ring (bicyclic) bond motifs is 1. The van der Waals surface area contributed by atoms with Gasteiger partial charge in [-0.2, -0.15) is 5.10 Å². The van der Waals surface area contributed by atoms with Gasteiger partial charge in [-0.3, -0.25) is 14.9 Å². The van der Waals surface area contributed by atoms with Gasteiger partial charge in [0.2, 0.25) is 0 Å². The summed E-state index contributed by atoms with van der Waals surface area (Å²) in [6.07, 6.45) is 1.52. The zero-order chi connectivity index (χ0) is 17.6. The lowest BCUT2D eigenvalue weighted by Gasteiger charge is -2.27. The maximum Gasteiger partial charge on any atom is 0.301 e. The summed E-state index contributed by atoms with van der Waals surface area (Å²) in [6.45, 7) is 3.78. The number of benzene rings is 1. The SMILES string of the molecule is CC(C)n1ncc2c1NC(=O)[C@H]([N+](=O)[O-])[C@H]2c1ccc(F)c(Br)c1. The highest BCUT2D eigenvalue weighted by Crippen LogP contribution is 2.40. The maximum absolute atomic E-state index is 13.5. The number of rotatable bonds is 3. The Morgan fingerprint density at radius 3 is 2.75 bits per heavy atom. The highest BCUT2D eigenvalue weighted by Gasteiger charge is 2.47. The number of hydrogen-bond acceptors (Lipinski definition) is 4. The third-order valence-electron chi connectivity index (χ3n) is 4.00. The van der Waals surface area contributed by atoms with Gasteiger partial charge in [-0.05, 0) is 47.5 Å². The molecule has 0 bridgehead atoms. The Morgan fingerprint density at radius 1 is 1.46 bits per heavy atom. The fourth-order valence-electron chi connectivity index (χ4n) is 2.92. The van der Waals surface area contributed by atoms with E-state index in [0.29, 0.717) is 16.9 Å². The molecule has 24 heavy (non-hydrogen) atoms. The molecule has 2 aromatic rings. The summed E-state index contributed by atoms with van der Waals surface area (Å²) in [6, 6.07) is 2.61. The molecule has 126 valence electrons. The number of nitrogens with one attached hydrogen (secondary N) is 1. The van der Waals surface area contributed by atoms with Gasteiger partial charge < -0.3 is 5.32 Å². The molecule has 0 unspecified atom stereocenters. The maximum atomic E-state index is 13.5. The molecule has 0 fully saturated rings. The quantitative estimate of drug-likeness (QED) is 0.637. The number of carbonyl (C=O) groups excluding carboxylic acids is 1. The number of anilines is 1. The summed E-state index contributed by atoms with van der Waals surface area (Å²) in [5.74, 6) is -1.58. The van der Waals surface area contributed by atoms with E-state index in [9.17, 15) is 19.3 Å². The Hall–Kier alpha value is -2.29. The van der Waals surface area contributed by atoms with Gasteiger partial charge in [0.15, 0.2) is 0 Å². The van der Waals surface area contributed by atoms with Gasteiger partial charge in [-0.1, -0.05) is 6.07 Å². The van der Waals surface area contributed by atoms with Gasteiger partial charge in [-0.25, -0.2) is 9.07 Å². The zero-order valence-electron chi connectivity index (χ0n) is 12.9. The van der Waals surface area contributed by atoms with E-state index in [2.05, 4.69) is 26.3 Å². The number of carbonyl (C=O) groups is 1. The van der Waals surface area contributed by atoms with E-state index < -0.39 is 28.6 Å². The third-order valence-corrected chi connectivity index (χ3v) is 4.61. The highest BCUT2D eigenvalue weighted by atomic mass is 79.9. The number of nitro groups is 1. The van der Waals surface area contributed by atoms with Gasteiger partial charge in [-0.15, -0.1) is 0 Å². The zero-order valence-corrected chi connectivity index (χ0v) is 14.4. The van der Waals surface area contributed by atoms with Crippen molar-refractivity contribution >= 4 is 27.7 Å². The van der Waals surface area contributed by atoms with Crippen LogP contribution in [-0.4, -0.2) is 26.7 Å². The molecule has 3 rings (SSSR count). The monoisotopic (exact) mass is 396 g/mol. The smallest absolute Gasteiger partial charge is 0.301 e. The topological polar surface area (TPSA) is 90.1 Å². The molecule has 1 N–H and O–H groups in total. The number of halogens is 2. The molecule has 1 aromatic heterocycles. The fourth-order valence-corrected chi connectivity index (χ4v) is 3.32.